The number of phenols is 2. The fourth-order valence-electron chi connectivity index (χ4n) is 5.74. The highest BCUT2D eigenvalue weighted by atomic mass is 19.3. The molecule has 2 aromatic carbocycles. The predicted molar refractivity (Wildman–Crippen MR) is 137 cm³/mol. The van der Waals surface area contributed by atoms with Crippen LogP contribution in [0.5, 0.6) is 11.5 Å². The topological polar surface area (TPSA) is 78.9 Å². The molecule has 2 saturated heterocycles. The standard InChI is InChI=1S/C27H34F3N5O2/c1-3-18-16-34(24-13-22-23(14-25(24)37)32-26(31-22)27(2,29)30)10-11-35(18)19-6-8-33(9-7-19)15-17-4-5-20(36)12-21(17)28/h4-5,12-14,18-19,36-37H,3,6-11,15-16H2,1-2H3,(H,31,32). The number of aromatic amines is 1. The highest BCUT2D eigenvalue weighted by Gasteiger charge is 2.34. The van der Waals surface area contributed by atoms with Crippen LogP contribution in [0.4, 0.5) is 18.9 Å². The summed E-state index contributed by atoms with van der Waals surface area (Å²) < 4.78 is 41.6. The van der Waals surface area contributed by atoms with Crippen molar-refractivity contribution in [2.75, 3.05) is 37.6 Å². The predicted octanol–water partition coefficient (Wildman–Crippen LogP) is 4.79. The third-order valence-electron chi connectivity index (χ3n) is 7.79. The van der Waals surface area contributed by atoms with E-state index < -0.39 is 11.7 Å². The highest BCUT2D eigenvalue weighted by molar-refractivity contribution is 5.83. The Morgan fingerprint density at radius 1 is 1.08 bits per heavy atom. The minimum Gasteiger partial charge on any atom is -0.508 e. The van der Waals surface area contributed by atoms with Gasteiger partial charge in [-0.3, -0.25) is 9.80 Å². The zero-order valence-electron chi connectivity index (χ0n) is 21.2. The number of nitrogens with one attached hydrogen (secondary N) is 1. The van der Waals surface area contributed by atoms with Crippen molar-refractivity contribution in [3.8, 4) is 11.5 Å². The molecule has 3 aromatic rings. The van der Waals surface area contributed by atoms with Gasteiger partial charge in [0, 0.05) is 62.9 Å². The molecule has 37 heavy (non-hydrogen) atoms. The fraction of sp³-hybridized carbons (Fsp3) is 0.519. The van der Waals surface area contributed by atoms with Crippen molar-refractivity contribution < 1.29 is 23.4 Å². The van der Waals surface area contributed by atoms with Gasteiger partial charge in [-0.25, -0.2) is 9.37 Å². The van der Waals surface area contributed by atoms with Crippen LogP contribution in [-0.4, -0.2) is 74.8 Å². The van der Waals surface area contributed by atoms with Crippen LogP contribution in [0, 0.1) is 5.82 Å². The first-order valence-electron chi connectivity index (χ1n) is 12.9. The third-order valence-corrected chi connectivity index (χ3v) is 7.79. The Bertz CT molecular complexity index is 1250. The van der Waals surface area contributed by atoms with Gasteiger partial charge in [-0.15, -0.1) is 0 Å². The molecule has 0 radical (unpaired) electrons. The number of benzene rings is 2. The van der Waals surface area contributed by atoms with Gasteiger partial charge in [0.05, 0.1) is 16.7 Å². The number of nitrogens with zero attached hydrogens (tertiary/aromatic N) is 4. The summed E-state index contributed by atoms with van der Waals surface area (Å²) in [6, 6.07) is 8.24. The number of likely N-dealkylation sites (tertiary alicyclic amines) is 1. The minimum atomic E-state index is -3.08. The molecule has 5 rings (SSSR count). The van der Waals surface area contributed by atoms with Gasteiger partial charge in [-0.2, -0.15) is 8.78 Å². The number of aromatic nitrogens is 2. The van der Waals surface area contributed by atoms with E-state index in [9.17, 15) is 23.4 Å². The van der Waals surface area contributed by atoms with Crippen LogP contribution in [0.1, 0.15) is 44.5 Å². The molecular formula is C27H34F3N5O2. The van der Waals surface area contributed by atoms with Gasteiger partial charge in [0.15, 0.2) is 5.82 Å². The van der Waals surface area contributed by atoms with E-state index in [2.05, 4.69) is 31.6 Å². The van der Waals surface area contributed by atoms with Crippen molar-refractivity contribution in [2.45, 2.75) is 57.7 Å². The number of piperazine rings is 1. The van der Waals surface area contributed by atoms with E-state index in [4.69, 9.17) is 0 Å². The highest BCUT2D eigenvalue weighted by Crippen LogP contribution is 2.36. The SMILES string of the molecule is CCC1CN(c2cc3[nH]c(C(C)(F)F)nc3cc2O)CCN1C1CCN(Cc2ccc(O)cc2F)CC1. The Hall–Kier alpha value is -2.98. The second-order valence-electron chi connectivity index (χ2n) is 10.4. The van der Waals surface area contributed by atoms with Crippen LogP contribution in [0.2, 0.25) is 0 Å². The van der Waals surface area contributed by atoms with Gasteiger partial charge in [0.2, 0.25) is 0 Å². The molecule has 3 heterocycles. The summed E-state index contributed by atoms with van der Waals surface area (Å²) in [6.45, 7) is 7.55. The summed E-state index contributed by atoms with van der Waals surface area (Å²) in [5.74, 6) is -3.88. The number of rotatable bonds is 6. The van der Waals surface area contributed by atoms with Gasteiger partial charge in [-0.1, -0.05) is 13.0 Å². The lowest BCUT2D eigenvalue weighted by Gasteiger charge is -2.48. The second-order valence-corrected chi connectivity index (χ2v) is 10.4. The maximum atomic E-state index is 14.2. The van der Waals surface area contributed by atoms with Crippen molar-refractivity contribution in [1.29, 1.82) is 0 Å². The smallest absolute Gasteiger partial charge is 0.301 e. The number of hydrogen-bond acceptors (Lipinski definition) is 6. The molecule has 10 heteroatoms. The summed E-state index contributed by atoms with van der Waals surface area (Å²) in [5, 5.41) is 20.1. The number of fused-ring (bicyclic) bond motifs is 1. The van der Waals surface area contributed by atoms with E-state index >= 15 is 0 Å². The van der Waals surface area contributed by atoms with E-state index in [1.165, 1.54) is 12.1 Å². The number of aromatic hydroxyl groups is 2. The molecule has 2 aliphatic rings. The van der Waals surface area contributed by atoms with Gasteiger partial charge in [0.25, 0.3) is 0 Å². The maximum Gasteiger partial charge on any atom is 0.301 e. The van der Waals surface area contributed by atoms with Crippen LogP contribution >= 0.6 is 0 Å². The molecule has 0 saturated carbocycles. The summed E-state index contributed by atoms with van der Waals surface area (Å²) in [5.41, 5.74) is 2.03. The van der Waals surface area contributed by atoms with Crippen molar-refractivity contribution >= 4 is 16.7 Å². The van der Waals surface area contributed by atoms with Crippen LogP contribution < -0.4 is 4.90 Å². The Labute approximate surface area is 214 Å². The molecule has 1 atom stereocenters. The van der Waals surface area contributed by atoms with Crippen molar-refractivity contribution in [3.05, 3.63) is 47.5 Å². The summed E-state index contributed by atoms with van der Waals surface area (Å²) in [6.07, 6.45) is 2.94. The average Bonchev–Trinajstić information content (AvgIpc) is 3.29. The fourth-order valence-corrected chi connectivity index (χ4v) is 5.74. The van der Waals surface area contributed by atoms with E-state index in [0.717, 1.165) is 65.0 Å². The van der Waals surface area contributed by atoms with Crippen molar-refractivity contribution in [3.63, 3.8) is 0 Å². The molecule has 0 amide bonds. The lowest BCUT2D eigenvalue weighted by Crippen LogP contribution is -2.58. The number of phenolic OH excluding ortho intramolecular Hbond substituents is 2. The molecule has 1 aromatic heterocycles. The Balaban J connectivity index is 1.23. The van der Waals surface area contributed by atoms with E-state index in [-0.39, 0.29) is 17.3 Å². The van der Waals surface area contributed by atoms with Crippen LogP contribution in [0.3, 0.4) is 0 Å². The first-order valence-corrected chi connectivity index (χ1v) is 12.9. The number of alkyl halides is 2. The minimum absolute atomic E-state index is 0.0445. The zero-order valence-corrected chi connectivity index (χ0v) is 21.2. The second kappa shape index (κ2) is 10.1. The molecule has 2 aliphatic heterocycles. The number of piperidine rings is 1. The lowest BCUT2D eigenvalue weighted by atomic mass is 9.97. The Morgan fingerprint density at radius 2 is 1.84 bits per heavy atom. The Kier molecular flexibility index (Phi) is 6.97. The number of imidazole rings is 1. The number of H-pyrrole nitrogens is 1. The number of anilines is 1. The lowest BCUT2D eigenvalue weighted by molar-refractivity contribution is 0.00890. The van der Waals surface area contributed by atoms with Gasteiger partial charge in [-0.05, 0) is 44.5 Å². The summed E-state index contributed by atoms with van der Waals surface area (Å²) in [7, 11) is 0. The van der Waals surface area contributed by atoms with E-state index in [1.807, 2.05) is 0 Å². The molecule has 1 unspecified atom stereocenters. The summed E-state index contributed by atoms with van der Waals surface area (Å²) in [4.78, 5) is 13.6. The third kappa shape index (κ3) is 5.36. The van der Waals surface area contributed by atoms with Crippen molar-refractivity contribution in [1.82, 2.24) is 19.8 Å². The first kappa shape index (κ1) is 25.7. The molecular weight excluding hydrogens is 483 g/mol. The van der Waals surface area contributed by atoms with Gasteiger partial charge < -0.3 is 20.1 Å². The molecule has 0 spiro atoms. The monoisotopic (exact) mass is 517 g/mol. The number of halogens is 3. The normalized spacial score (nSPS) is 20.7. The first-order chi connectivity index (χ1) is 17.6. The van der Waals surface area contributed by atoms with E-state index in [0.29, 0.717) is 40.9 Å². The van der Waals surface area contributed by atoms with Crippen LogP contribution in [0.15, 0.2) is 30.3 Å². The van der Waals surface area contributed by atoms with Gasteiger partial charge >= 0.3 is 5.92 Å². The molecule has 2 fully saturated rings. The van der Waals surface area contributed by atoms with Crippen LogP contribution in [0.25, 0.3) is 11.0 Å². The molecule has 3 N–H and O–H groups in total. The molecule has 0 bridgehead atoms. The quantitative estimate of drug-likeness (QED) is 0.437. The molecule has 200 valence electrons. The average molecular weight is 518 g/mol. The van der Waals surface area contributed by atoms with Gasteiger partial charge in [0.1, 0.15) is 17.3 Å². The summed E-state index contributed by atoms with van der Waals surface area (Å²) >= 11 is 0. The van der Waals surface area contributed by atoms with Crippen LogP contribution in [-0.2, 0) is 12.5 Å². The Morgan fingerprint density at radius 3 is 2.51 bits per heavy atom. The molecule has 7 nitrogen and oxygen atoms in total. The van der Waals surface area contributed by atoms with E-state index in [1.54, 1.807) is 12.1 Å². The largest absolute Gasteiger partial charge is 0.508 e. The zero-order chi connectivity index (χ0) is 26.3. The molecule has 0 aliphatic carbocycles. The van der Waals surface area contributed by atoms with Crippen molar-refractivity contribution in [2.24, 2.45) is 0 Å². The maximum absolute atomic E-state index is 14.2. The number of hydrogen-bond donors (Lipinski definition) is 3.